The molecule has 1 saturated heterocycles. The molecule has 0 radical (unpaired) electrons. The quantitative estimate of drug-likeness (QED) is 0.119. The molecule has 356 valence electrons. The highest BCUT2D eigenvalue weighted by atomic mass is 31.2. The number of halogens is 3. The van der Waals surface area contributed by atoms with E-state index in [1.807, 2.05) is 30.5 Å². The van der Waals surface area contributed by atoms with Crippen molar-refractivity contribution in [2.75, 3.05) is 32.1 Å². The second-order valence-corrected chi connectivity index (χ2v) is 21.9. The zero-order valence-corrected chi connectivity index (χ0v) is 39.5. The first-order chi connectivity index (χ1) is 32.6. The molecule has 1 aliphatic carbocycles. The molecule has 6 heterocycles. The van der Waals surface area contributed by atoms with Crippen LogP contribution >= 0.6 is 7.14 Å². The van der Waals surface area contributed by atoms with Crippen molar-refractivity contribution >= 4 is 29.3 Å². The number of aromatic amines is 1. The van der Waals surface area contributed by atoms with Gasteiger partial charge in [0.1, 0.15) is 35.8 Å². The van der Waals surface area contributed by atoms with Crippen LogP contribution in [0.25, 0.3) is 28.1 Å². The molecule has 2 aliphatic heterocycles. The average molecular weight is 953 g/mol. The molecule has 7 aromatic rings. The van der Waals surface area contributed by atoms with E-state index in [-0.39, 0.29) is 53.3 Å². The molecule has 1 N–H and O–H groups in total. The van der Waals surface area contributed by atoms with Gasteiger partial charge in [-0.15, -0.1) is 0 Å². The second kappa shape index (κ2) is 17.0. The molecular weight excluding hydrogens is 901 g/mol. The van der Waals surface area contributed by atoms with E-state index in [1.165, 1.54) is 33.7 Å². The van der Waals surface area contributed by atoms with E-state index in [2.05, 4.69) is 22.3 Å². The lowest BCUT2D eigenvalue weighted by atomic mass is 9.91. The van der Waals surface area contributed by atoms with Crippen LogP contribution in [0.1, 0.15) is 103 Å². The maximum absolute atomic E-state index is 15.5. The number of hydrogen-bond acceptors (Lipinski definition) is 9. The van der Waals surface area contributed by atoms with Crippen molar-refractivity contribution in [1.29, 1.82) is 0 Å². The Kier molecular flexibility index (Phi) is 11.3. The molecule has 3 atom stereocenters. The Morgan fingerprint density at radius 1 is 0.971 bits per heavy atom. The van der Waals surface area contributed by atoms with Gasteiger partial charge in [-0.1, -0.05) is 32.0 Å². The zero-order chi connectivity index (χ0) is 48.0. The summed E-state index contributed by atoms with van der Waals surface area (Å²) in [5.41, 5.74) is 3.45. The van der Waals surface area contributed by atoms with Crippen molar-refractivity contribution in [1.82, 2.24) is 38.5 Å². The summed E-state index contributed by atoms with van der Waals surface area (Å²) in [6, 6.07) is 15.1. The number of fused-ring (bicyclic) bond motifs is 2. The largest absolute Gasteiger partial charge is 0.438 e. The van der Waals surface area contributed by atoms with Gasteiger partial charge in [-0.3, -0.25) is 23.4 Å². The van der Waals surface area contributed by atoms with Crippen LogP contribution in [0.4, 0.5) is 13.2 Å². The van der Waals surface area contributed by atoms with Crippen LogP contribution in [0.15, 0.2) is 81.1 Å². The number of aromatic nitrogens is 7. The lowest BCUT2D eigenvalue weighted by Gasteiger charge is -2.34. The number of ether oxygens (including phenoxy) is 2. The molecule has 19 heteroatoms. The fourth-order valence-corrected chi connectivity index (χ4v) is 12.7. The molecule has 3 aliphatic rings. The van der Waals surface area contributed by atoms with E-state index in [0.717, 1.165) is 29.3 Å². The van der Waals surface area contributed by atoms with Gasteiger partial charge in [0.2, 0.25) is 0 Å². The van der Waals surface area contributed by atoms with Gasteiger partial charge in [-0.25, -0.2) is 18.7 Å². The van der Waals surface area contributed by atoms with Crippen molar-refractivity contribution < 1.29 is 36.5 Å². The number of amides is 1. The molecule has 68 heavy (non-hydrogen) atoms. The number of nitrogens with zero attached hydrogens (tertiary/aromatic N) is 7. The molecule has 2 fully saturated rings. The monoisotopic (exact) mass is 952 g/mol. The van der Waals surface area contributed by atoms with Gasteiger partial charge in [-0.05, 0) is 111 Å². The number of alkyl halides is 2. The molecule has 3 unspecified atom stereocenters. The first-order valence-electron chi connectivity index (χ1n) is 23.1. The number of rotatable bonds is 12. The van der Waals surface area contributed by atoms with E-state index in [0.29, 0.717) is 77.4 Å². The Morgan fingerprint density at radius 2 is 1.68 bits per heavy atom. The molecule has 1 saturated carbocycles. The Hall–Kier alpha value is -6.39. The molecular formula is C49H52F3N8O7P. The van der Waals surface area contributed by atoms with E-state index in [4.69, 9.17) is 19.1 Å². The number of aryl methyl sites for hydroxylation is 2. The van der Waals surface area contributed by atoms with E-state index in [1.54, 1.807) is 55.5 Å². The minimum Gasteiger partial charge on any atom is -0.434 e. The van der Waals surface area contributed by atoms with E-state index in [9.17, 15) is 22.9 Å². The molecule has 4 aromatic heterocycles. The van der Waals surface area contributed by atoms with Crippen LogP contribution in [-0.2, 0) is 21.3 Å². The van der Waals surface area contributed by atoms with E-state index < -0.39 is 36.8 Å². The van der Waals surface area contributed by atoms with Crippen LogP contribution in [0, 0.1) is 25.6 Å². The lowest BCUT2D eigenvalue weighted by Crippen LogP contribution is -2.41. The van der Waals surface area contributed by atoms with Crippen LogP contribution in [0.3, 0.4) is 0 Å². The van der Waals surface area contributed by atoms with Gasteiger partial charge < -0.3 is 23.5 Å². The highest BCUT2D eigenvalue weighted by molar-refractivity contribution is 7.71. The standard InChI is InChI=1S/C49H52F3N8O7P/c1-7-68(64,8-2)40-12-10-34(25-39(40)66-46(51)52)57-17-18-58(48(57)63)43-41-30(6)56(16-13-36(41)54-60(43)35-21-27(3)42(50)28(4)22-35)44(61)38-24-33-23-32(31-14-19-65-20-15-31)9-11-37(33)59(38)49(26-29(49)5)45-53-47(62)67-55-45/h9-12,17-18,21-25,29-31,46H,7-8,13-16,19-20,26H2,1-6H3,(H,53,55,62). The van der Waals surface area contributed by atoms with Crippen molar-refractivity contribution in [3.05, 3.63) is 133 Å². The average Bonchev–Trinajstić information content (AvgIpc) is 3.82. The highest BCUT2D eigenvalue weighted by Gasteiger charge is 2.59. The summed E-state index contributed by atoms with van der Waals surface area (Å²) in [6.07, 6.45) is 6.14. The summed E-state index contributed by atoms with van der Waals surface area (Å²) in [6.45, 7) is 9.07. The molecule has 10 rings (SSSR count). The summed E-state index contributed by atoms with van der Waals surface area (Å²) in [5.74, 6) is -0.742. The van der Waals surface area contributed by atoms with Gasteiger partial charge in [-0.2, -0.15) is 13.9 Å². The maximum atomic E-state index is 15.5. The summed E-state index contributed by atoms with van der Waals surface area (Å²) in [5, 5.41) is 10.2. The number of imidazole rings is 1. The Balaban J connectivity index is 1.11. The molecule has 1 amide bonds. The fourth-order valence-electron chi connectivity index (χ4n) is 10.7. The molecule has 3 aromatic carbocycles. The predicted octanol–water partition coefficient (Wildman–Crippen LogP) is 8.27. The summed E-state index contributed by atoms with van der Waals surface area (Å²) in [4.78, 5) is 47.3. The van der Waals surface area contributed by atoms with Crippen LogP contribution < -0.4 is 21.5 Å². The third-order valence-corrected chi connectivity index (χ3v) is 17.8. The SMILES string of the molecule is CCP(=O)(CC)c1ccc(-n2ccn(-c3c4c(nn3-c3cc(C)c(F)c(C)c3)CCN(C(=O)c3cc5cc(C6CCOCC6)ccc5n3C3(c5noc(=O)[nH]5)CC3C)C4C)c2=O)cc1OC(F)F. The normalized spacial score (nSPS) is 19.8. The number of carbonyl (C=O) groups excluding carboxylic acids is 1. The van der Waals surface area contributed by atoms with Crippen molar-refractivity contribution in [2.24, 2.45) is 5.92 Å². The van der Waals surface area contributed by atoms with Gasteiger partial charge in [0.25, 0.3) is 5.91 Å². The topological polar surface area (TPSA) is 164 Å². The maximum Gasteiger partial charge on any atom is 0.438 e. The van der Waals surface area contributed by atoms with Crippen molar-refractivity contribution in [3.8, 4) is 22.9 Å². The zero-order valence-electron chi connectivity index (χ0n) is 38.6. The minimum atomic E-state index is -3.21. The first-order valence-corrected chi connectivity index (χ1v) is 25.1. The Morgan fingerprint density at radius 3 is 2.32 bits per heavy atom. The van der Waals surface area contributed by atoms with Crippen molar-refractivity contribution in [3.63, 3.8) is 0 Å². The number of carbonyl (C=O) groups is 1. The number of nitrogens with one attached hydrogen (secondary N) is 1. The highest BCUT2D eigenvalue weighted by Crippen LogP contribution is 2.56. The van der Waals surface area contributed by atoms with Gasteiger partial charge >= 0.3 is 18.1 Å². The van der Waals surface area contributed by atoms with Gasteiger partial charge in [0, 0.05) is 73.4 Å². The smallest absolute Gasteiger partial charge is 0.434 e. The van der Waals surface area contributed by atoms with E-state index >= 15 is 9.18 Å². The molecule has 15 nitrogen and oxygen atoms in total. The van der Waals surface area contributed by atoms with Crippen LogP contribution in [0.5, 0.6) is 5.75 Å². The Labute approximate surface area is 388 Å². The third-order valence-electron chi connectivity index (χ3n) is 14.5. The number of hydrogen-bond donors (Lipinski definition) is 1. The number of benzene rings is 3. The first kappa shape index (κ1) is 45.4. The predicted molar refractivity (Wildman–Crippen MR) is 249 cm³/mol. The second-order valence-electron chi connectivity index (χ2n) is 18.3. The third kappa shape index (κ3) is 7.29. The summed E-state index contributed by atoms with van der Waals surface area (Å²) in [7, 11) is -3.09. The fraction of sp³-hybridized carbons (Fsp3) is 0.408. The summed E-state index contributed by atoms with van der Waals surface area (Å²) >= 11 is 0. The minimum absolute atomic E-state index is 0.0219. The van der Waals surface area contributed by atoms with Crippen LogP contribution in [-0.4, -0.2) is 83.1 Å². The van der Waals surface area contributed by atoms with Crippen molar-refractivity contribution in [2.45, 2.75) is 91.3 Å². The van der Waals surface area contributed by atoms with Gasteiger partial charge in [0.05, 0.1) is 28.4 Å². The van der Waals surface area contributed by atoms with Gasteiger partial charge in [0.15, 0.2) is 5.82 Å². The molecule has 0 bridgehead atoms. The lowest BCUT2D eigenvalue weighted by molar-refractivity contribution is -0.0491. The number of H-pyrrole nitrogens is 1. The molecule has 0 spiro atoms. The van der Waals surface area contributed by atoms with Crippen LogP contribution in [0.2, 0.25) is 0 Å². The Bertz CT molecular complexity index is 3270. The summed E-state index contributed by atoms with van der Waals surface area (Å²) < 4.78 is 78.4.